The summed E-state index contributed by atoms with van der Waals surface area (Å²) in [6, 6.07) is 11.8. The molecule has 0 aliphatic rings. The number of aromatic nitrogens is 1. The highest BCUT2D eigenvalue weighted by molar-refractivity contribution is 5.91. The van der Waals surface area contributed by atoms with Gasteiger partial charge in [0.1, 0.15) is 5.82 Å². The van der Waals surface area contributed by atoms with Crippen molar-refractivity contribution in [3.05, 3.63) is 71.8 Å². The van der Waals surface area contributed by atoms with Crippen LogP contribution in [0.15, 0.2) is 54.7 Å². The average molecular weight is 270 g/mol. The molecule has 1 amide bonds. The van der Waals surface area contributed by atoms with Crippen LogP contribution in [0, 0.1) is 5.82 Å². The summed E-state index contributed by atoms with van der Waals surface area (Å²) in [5.74, 6) is -0.520. The van der Waals surface area contributed by atoms with Gasteiger partial charge >= 0.3 is 0 Å². The molecule has 0 unspecified atom stereocenters. The average Bonchev–Trinajstić information content (AvgIpc) is 2.46. The van der Waals surface area contributed by atoms with E-state index in [1.54, 1.807) is 24.4 Å². The third-order valence-corrected chi connectivity index (χ3v) is 2.68. The predicted molar refractivity (Wildman–Crippen MR) is 76.4 cm³/mol. The maximum absolute atomic E-state index is 12.9. The van der Waals surface area contributed by atoms with Crippen LogP contribution < -0.4 is 5.32 Å². The van der Waals surface area contributed by atoms with Crippen molar-refractivity contribution in [2.24, 2.45) is 0 Å². The highest BCUT2D eigenvalue weighted by atomic mass is 19.1. The molecule has 0 bridgehead atoms. The van der Waals surface area contributed by atoms with Crippen molar-refractivity contribution >= 4 is 12.0 Å². The zero-order valence-electron chi connectivity index (χ0n) is 10.9. The van der Waals surface area contributed by atoms with Gasteiger partial charge in [0, 0.05) is 30.9 Å². The normalized spacial score (nSPS) is 10.7. The number of hydrogen-bond acceptors (Lipinski definition) is 2. The van der Waals surface area contributed by atoms with Gasteiger partial charge in [-0.15, -0.1) is 0 Å². The number of halogens is 1. The Kier molecular flexibility index (Phi) is 5.00. The van der Waals surface area contributed by atoms with E-state index in [0.717, 1.165) is 5.69 Å². The Morgan fingerprint density at radius 1 is 1.25 bits per heavy atom. The topological polar surface area (TPSA) is 42.0 Å². The molecule has 1 heterocycles. The summed E-state index contributed by atoms with van der Waals surface area (Å²) < 4.78 is 12.9. The minimum atomic E-state index is -0.317. The number of hydrogen-bond donors (Lipinski definition) is 1. The van der Waals surface area contributed by atoms with Gasteiger partial charge in [-0.25, -0.2) is 4.39 Å². The van der Waals surface area contributed by atoms with E-state index >= 15 is 0 Å². The molecule has 2 aromatic rings. The first kappa shape index (κ1) is 13.9. The Bertz CT molecular complexity index is 596. The molecule has 2 rings (SSSR count). The third-order valence-electron chi connectivity index (χ3n) is 2.68. The summed E-state index contributed by atoms with van der Waals surface area (Å²) in [6.07, 6.45) is 5.38. The lowest BCUT2D eigenvalue weighted by molar-refractivity contribution is -0.116. The molecule has 4 heteroatoms. The molecule has 3 nitrogen and oxygen atoms in total. The molecule has 102 valence electrons. The molecule has 1 N–H and O–H groups in total. The van der Waals surface area contributed by atoms with Crippen LogP contribution >= 0.6 is 0 Å². The van der Waals surface area contributed by atoms with Crippen LogP contribution in [-0.2, 0) is 11.2 Å². The smallest absolute Gasteiger partial charge is 0.244 e. The number of benzene rings is 1. The van der Waals surface area contributed by atoms with E-state index in [9.17, 15) is 9.18 Å². The summed E-state index contributed by atoms with van der Waals surface area (Å²) >= 11 is 0. The Morgan fingerprint density at radius 3 is 2.90 bits per heavy atom. The Labute approximate surface area is 117 Å². The third kappa shape index (κ3) is 4.65. The van der Waals surface area contributed by atoms with Crippen LogP contribution in [-0.4, -0.2) is 17.4 Å². The standard InChI is InChI=1S/C16H15FN2O/c17-14-5-3-4-13(12-14)7-8-16(20)19-11-9-15-6-1-2-10-18-15/h1-8,10,12H,9,11H2,(H,19,20)/b8-7+. The minimum Gasteiger partial charge on any atom is -0.352 e. The highest BCUT2D eigenvalue weighted by Crippen LogP contribution is 2.05. The second kappa shape index (κ2) is 7.19. The summed E-state index contributed by atoms with van der Waals surface area (Å²) in [5.41, 5.74) is 1.59. The lowest BCUT2D eigenvalue weighted by atomic mass is 10.2. The largest absolute Gasteiger partial charge is 0.352 e. The van der Waals surface area contributed by atoms with Gasteiger partial charge < -0.3 is 5.32 Å². The molecule has 0 aliphatic carbocycles. The fourth-order valence-electron chi connectivity index (χ4n) is 1.70. The fraction of sp³-hybridized carbons (Fsp3) is 0.125. The van der Waals surface area contributed by atoms with Gasteiger partial charge in [-0.05, 0) is 35.9 Å². The van der Waals surface area contributed by atoms with Crippen LogP contribution in [0.5, 0.6) is 0 Å². The van der Waals surface area contributed by atoms with Crippen molar-refractivity contribution in [2.45, 2.75) is 6.42 Å². The summed E-state index contributed by atoms with van der Waals surface area (Å²) in [7, 11) is 0. The van der Waals surface area contributed by atoms with Gasteiger partial charge in [0.05, 0.1) is 0 Å². The quantitative estimate of drug-likeness (QED) is 0.848. The Balaban J connectivity index is 1.78. The molecule has 20 heavy (non-hydrogen) atoms. The zero-order valence-corrected chi connectivity index (χ0v) is 10.9. The molecule has 0 radical (unpaired) electrons. The van der Waals surface area contributed by atoms with E-state index in [1.807, 2.05) is 18.2 Å². The molecule has 1 aromatic heterocycles. The van der Waals surface area contributed by atoms with Crippen molar-refractivity contribution in [1.29, 1.82) is 0 Å². The first-order valence-electron chi connectivity index (χ1n) is 6.35. The monoisotopic (exact) mass is 270 g/mol. The number of rotatable bonds is 5. The molecular weight excluding hydrogens is 255 g/mol. The van der Waals surface area contributed by atoms with Gasteiger partial charge in [-0.1, -0.05) is 18.2 Å². The first-order valence-corrected chi connectivity index (χ1v) is 6.35. The number of carbonyl (C=O) groups is 1. The maximum Gasteiger partial charge on any atom is 0.244 e. The molecule has 1 aromatic carbocycles. The highest BCUT2D eigenvalue weighted by Gasteiger charge is 1.97. The van der Waals surface area contributed by atoms with E-state index < -0.39 is 0 Å². The second-order valence-corrected chi connectivity index (χ2v) is 4.25. The Hall–Kier alpha value is -2.49. The van der Waals surface area contributed by atoms with Crippen LogP contribution in [0.3, 0.4) is 0 Å². The predicted octanol–water partition coefficient (Wildman–Crippen LogP) is 2.59. The van der Waals surface area contributed by atoms with Crippen molar-refractivity contribution < 1.29 is 9.18 Å². The van der Waals surface area contributed by atoms with E-state index in [4.69, 9.17) is 0 Å². The number of carbonyl (C=O) groups excluding carboxylic acids is 1. The van der Waals surface area contributed by atoms with Crippen LogP contribution in [0.2, 0.25) is 0 Å². The van der Waals surface area contributed by atoms with Crippen molar-refractivity contribution in [3.8, 4) is 0 Å². The van der Waals surface area contributed by atoms with E-state index in [2.05, 4.69) is 10.3 Å². The fourth-order valence-corrected chi connectivity index (χ4v) is 1.70. The van der Waals surface area contributed by atoms with E-state index in [-0.39, 0.29) is 11.7 Å². The number of amides is 1. The molecule has 0 fully saturated rings. The van der Waals surface area contributed by atoms with Crippen molar-refractivity contribution in [2.75, 3.05) is 6.54 Å². The lowest BCUT2D eigenvalue weighted by Gasteiger charge is -2.01. The Morgan fingerprint density at radius 2 is 2.15 bits per heavy atom. The zero-order chi connectivity index (χ0) is 14.2. The SMILES string of the molecule is O=C(/C=C/c1cccc(F)c1)NCCc1ccccn1. The number of nitrogens with one attached hydrogen (secondary N) is 1. The summed E-state index contributed by atoms with van der Waals surface area (Å²) in [6.45, 7) is 0.517. The molecular formula is C16H15FN2O. The van der Waals surface area contributed by atoms with E-state index in [1.165, 1.54) is 18.2 Å². The van der Waals surface area contributed by atoms with Crippen LogP contribution in [0.1, 0.15) is 11.3 Å². The summed E-state index contributed by atoms with van der Waals surface area (Å²) in [5, 5.41) is 2.76. The number of pyridine rings is 1. The molecule has 0 atom stereocenters. The molecule has 0 saturated carbocycles. The molecule has 0 saturated heterocycles. The number of nitrogens with zero attached hydrogens (tertiary/aromatic N) is 1. The van der Waals surface area contributed by atoms with Crippen LogP contribution in [0.4, 0.5) is 4.39 Å². The maximum atomic E-state index is 12.9. The first-order chi connectivity index (χ1) is 9.74. The lowest BCUT2D eigenvalue weighted by Crippen LogP contribution is -2.23. The van der Waals surface area contributed by atoms with E-state index in [0.29, 0.717) is 18.5 Å². The van der Waals surface area contributed by atoms with Crippen molar-refractivity contribution in [3.63, 3.8) is 0 Å². The van der Waals surface area contributed by atoms with Gasteiger partial charge in [-0.2, -0.15) is 0 Å². The van der Waals surface area contributed by atoms with Gasteiger partial charge in [0.15, 0.2) is 0 Å². The molecule has 0 spiro atoms. The minimum absolute atomic E-state index is 0.204. The van der Waals surface area contributed by atoms with Crippen LogP contribution in [0.25, 0.3) is 6.08 Å². The van der Waals surface area contributed by atoms with Gasteiger partial charge in [-0.3, -0.25) is 9.78 Å². The molecule has 0 aliphatic heterocycles. The van der Waals surface area contributed by atoms with Crippen molar-refractivity contribution in [1.82, 2.24) is 10.3 Å². The van der Waals surface area contributed by atoms with Gasteiger partial charge in [0.2, 0.25) is 5.91 Å². The second-order valence-electron chi connectivity index (χ2n) is 4.25. The van der Waals surface area contributed by atoms with Gasteiger partial charge in [0.25, 0.3) is 0 Å². The summed E-state index contributed by atoms with van der Waals surface area (Å²) in [4.78, 5) is 15.7.